The summed E-state index contributed by atoms with van der Waals surface area (Å²) in [5.41, 5.74) is 2.72. The molecule has 7 rings (SSSR count). The average Bonchev–Trinajstić information content (AvgIpc) is 3.46. The largest absolute Gasteiger partial charge is 0.483 e. The highest BCUT2D eigenvalue weighted by atomic mass is 19.3. The molecule has 0 spiro atoms. The summed E-state index contributed by atoms with van der Waals surface area (Å²) >= 11 is 0. The van der Waals surface area contributed by atoms with Gasteiger partial charge in [-0.2, -0.15) is 0 Å². The lowest BCUT2D eigenvalue weighted by molar-refractivity contribution is -0.136. The minimum atomic E-state index is -3.08. The topological polar surface area (TPSA) is 114 Å². The van der Waals surface area contributed by atoms with Gasteiger partial charge in [0.2, 0.25) is 11.8 Å². The van der Waals surface area contributed by atoms with E-state index in [2.05, 4.69) is 10.3 Å². The molecule has 5 heterocycles. The van der Waals surface area contributed by atoms with Gasteiger partial charge in [0.25, 0.3) is 11.8 Å². The number of halogens is 2. The van der Waals surface area contributed by atoms with Crippen LogP contribution in [0.1, 0.15) is 58.9 Å². The highest BCUT2D eigenvalue weighted by molar-refractivity contribution is 6.05. The Morgan fingerprint density at radius 2 is 1.91 bits per heavy atom. The summed E-state index contributed by atoms with van der Waals surface area (Å²) in [6, 6.07) is 9.69. The van der Waals surface area contributed by atoms with Gasteiger partial charge in [0.05, 0.1) is 12.1 Å². The molecule has 10 nitrogen and oxygen atoms in total. The molecule has 1 N–H and O–H groups in total. The maximum Gasteiger partial charge on any atom is 0.297 e. The molecule has 0 radical (unpaired) electrons. The first kappa shape index (κ1) is 27.8. The minimum absolute atomic E-state index is 0.0304. The van der Waals surface area contributed by atoms with E-state index in [4.69, 9.17) is 14.5 Å². The molecule has 0 bridgehead atoms. The number of aromatic nitrogens is 2. The van der Waals surface area contributed by atoms with E-state index in [1.54, 1.807) is 23.2 Å². The summed E-state index contributed by atoms with van der Waals surface area (Å²) in [7, 11) is 0. The predicted octanol–water partition coefficient (Wildman–Crippen LogP) is 3.18. The quantitative estimate of drug-likeness (QED) is 0.435. The Morgan fingerprint density at radius 3 is 2.72 bits per heavy atom. The third kappa shape index (κ3) is 5.45. The number of likely N-dealkylation sites (tertiary alicyclic amines) is 1. The van der Waals surface area contributed by atoms with E-state index in [1.165, 1.54) is 11.0 Å². The molecule has 43 heavy (non-hydrogen) atoms. The van der Waals surface area contributed by atoms with Gasteiger partial charge < -0.3 is 14.4 Å². The molecule has 12 heteroatoms. The molecule has 2 atom stereocenters. The van der Waals surface area contributed by atoms with Crippen molar-refractivity contribution in [2.75, 3.05) is 26.3 Å². The standard InChI is InChI=1S/C31H31F2N5O5/c32-31(33)17-37(14-18-1-4-24-20(11-18)13-34-28(35-24)19-7-9-42-10-8-19)16-26(31)43-22-2-3-23-21(12-22)15-38(30(23)41)25-5-6-27(39)36-29(25)40/h1-4,11-13,19,25-26H,5-10,14-17H2,(H,36,39,40). The van der Waals surface area contributed by atoms with E-state index in [0.717, 1.165) is 35.1 Å². The monoisotopic (exact) mass is 591 g/mol. The Labute approximate surface area is 246 Å². The van der Waals surface area contributed by atoms with E-state index in [1.807, 2.05) is 18.2 Å². The Hall–Kier alpha value is -4.03. The summed E-state index contributed by atoms with van der Waals surface area (Å²) in [6.45, 7) is 1.49. The number of alkyl halides is 2. The molecule has 2 unspecified atom stereocenters. The zero-order valence-electron chi connectivity index (χ0n) is 23.4. The SMILES string of the molecule is O=C1CCC(N2Cc3cc(OC4CN(Cc5ccc6nc(C7CCOCC7)ncc6c5)CC4(F)F)ccc3C2=O)C(=O)N1. The fourth-order valence-electron chi connectivity index (χ4n) is 6.47. The first-order valence-corrected chi connectivity index (χ1v) is 14.6. The zero-order valence-corrected chi connectivity index (χ0v) is 23.4. The number of piperidine rings is 1. The lowest BCUT2D eigenvalue weighted by Gasteiger charge is -2.29. The number of amides is 3. The van der Waals surface area contributed by atoms with Crippen molar-refractivity contribution >= 4 is 28.6 Å². The zero-order chi connectivity index (χ0) is 29.7. The van der Waals surface area contributed by atoms with Crippen LogP contribution < -0.4 is 10.1 Å². The highest BCUT2D eigenvalue weighted by Gasteiger charge is 2.50. The van der Waals surface area contributed by atoms with E-state index in [0.29, 0.717) is 30.9 Å². The maximum atomic E-state index is 15.1. The Balaban J connectivity index is 1.01. The van der Waals surface area contributed by atoms with Gasteiger partial charge in [-0.1, -0.05) is 6.07 Å². The molecule has 3 amide bonds. The molecular formula is C31H31F2N5O5. The number of hydrogen-bond donors (Lipinski definition) is 1. The van der Waals surface area contributed by atoms with Crippen molar-refractivity contribution in [1.29, 1.82) is 0 Å². The van der Waals surface area contributed by atoms with Crippen molar-refractivity contribution in [1.82, 2.24) is 25.1 Å². The van der Waals surface area contributed by atoms with Crippen LogP contribution in [0, 0.1) is 0 Å². The Kier molecular flexibility index (Phi) is 7.05. The first-order chi connectivity index (χ1) is 20.7. The van der Waals surface area contributed by atoms with Crippen LogP contribution in [0.15, 0.2) is 42.6 Å². The van der Waals surface area contributed by atoms with Crippen LogP contribution in [0.3, 0.4) is 0 Å². The van der Waals surface area contributed by atoms with Gasteiger partial charge in [-0.3, -0.25) is 24.6 Å². The molecule has 0 saturated carbocycles. The Bertz CT molecular complexity index is 1610. The van der Waals surface area contributed by atoms with Crippen molar-refractivity contribution in [3.05, 3.63) is 65.1 Å². The number of nitrogens with one attached hydrogen (secondary N) is 1. The average molecular weight is 592 g/mol. The lowest BCUT2D eigenvalue weighted by atomic mass is 9.99. The second-order valence-electron chi connectivity index (χ2n) is 11.8. The van der Waals surface area contributed by atoms with Gasteiger partial charge in [0, 0.05) is 62.3 Å². The van der Waals surface area contributed by atoms with Gasteiger partial charge in [-0.05, 0) is 60.7 Å². The third-order valence-electron chi connectivity index (χ3n) is 8.76. The smallest absolute Gasteiger partial charge is 0.297 e. The van der Waals surface area contributed by atoms with E-state index in [9.17, 15) is 14.4 Å². The third-order valence-corrected chi connectivity index (χ3v) is 8.76. The first-order valence-electron chi connectivity index (χ1n) is 14.6. The van der Waals surface area contributed by atoms with E-state index >= 15 is 8.78 Å². The Morgan fingerprint density at radius 1 is 1.07 bits per heavy atom. The number of nitrogens with zero attached hydrogens (tertiary/aromatic N) is 4. The number of imide groups is 1. The van der Waals surface area contributed by atoms with Gasteiger partial charge in [0.15, 0.2) is 6.10 Å². The van der Waals surface area contributed by atoms with Crippen molar-refractivity contribution < 1.29 is 32.6 Å². The second-order valence-corrected chi connectivity index (χ2v) is 11.8. The maximum absolute atomic E-state index is 15.1. The van der Waals surface area contributed by atoms with Crippen molar-refractivity contribution in [3.63, 3.8) is 0 Å². The number of fused-ring (bicyclic) bond motifs is 2. The minimum Gasteiger partial charge on any atom is -0.483 e. The van der Waals surface area contributed by atoms with Crippen LogP contribution in [0.2, 0.25) is 0 Å². The fourth-order valence-corrected chi connectivity index (χ4v) is 6.47. The van der Waals surface area contributed by atoms with E-state index in [-0.39, 0.29) is 49.4 Å². The summed E-state index contributed by atoms with van der Waals surface area (Å²) in [4.78, 5) is 49.2. The summed E-state index contributed by atoms with van der Waals surface area (Å²) in [6.07, 6.45) is 2.66. The van der Waals surface area contributed by atoms with Gasteiger partial charge in [0.1, 0.15) is 17.6 Å². The molecule has 4 aliphatic heterocycles. The normalized spacial score (nSPS) is 24.4. The summed E-state index contributed by atoms with van der Waals surface area (Å²) < 4.78 is 41.5. The molecule has 1 aromatic heterocycles. The number of rotatable bonds is 6. The van der Waals surface area contributed by atoms with Gasteiger partial charge >= 0.3 is 0 Å². The summed E-state index contributed by atoms with van der Waals surface area (Å²) in [5.74, 6) is -2.91. The van der Waals surface area contributed by atoms with Crippen LogP contribution in [-0.2, 0) is 27.4 Å². The molecule has 2 aromatic carbocycles. The predicted molar refractivity (Wildman–Crippen MR) is 149 cm³/mol. The van der Waals surface area contributed by atoms with Gasteiger partial charge in [-0.15, -0.1) is 0 Å². The number of hydrogen-bond acceptors (Lipinski definition) is 8. The number of carbonyl (C=O) groups excluding carboxylic acids is 3. The van der Waals surface area contributed by atoms with Crippen LogP contribution in [0.4, 0.5) is 8.78 Å². The molecular weight excluding hydrogens is 560 g/mol. The molecule has 3 fully saturated rings. The van der Waals surface area contributed by atoms with Crippen molar-refractivity contribution in [2.24, 2.45) is 0 Å². The number of carbonyl (C=O) groups is 3. The van der Waals surface area contributed by atoms with Crippen LogP contribution in [0.5, 0.6) is 5.75 Å². The van der Waals surface area contributed by atoms with Crippen molar-refractivity contribution in [3.8, 4) is 5.75 Å². The van der Waals surface area contributed by atoms with Crippen molar-refractivity contribution in [2.45, 2.75) is 62.8 Å². The molecule has 224 valence electrons. The lowest BCUT2D eigenvalue weighted by Crippen LogP contribution is -2.52. The molecule has 3 aromatic rings. The molecule has 4 aliphatic rings. The second kappa shape index (κ2) is 10.9. The number of benzene rings is 2. The fraction of sp³-hybridized carbons (Fsp3) is 0.452. The highest BCUT2D eigenvalue weighted by Crippen LogP contribution is 2.35. The molecule has 0 aliphatic carbocycles. The van der Waals surface area contributed by atoms with Crippen LogP contribution >= 0.6 is 0 Å². The van der Waals surface area contributed by atoms with Gasteiger partial charge in [-0.25, -0.2) is 18.7 Å². The van der Waals surface area contributed by atoms with Crippen LogP contribution in [-0.4, -0.2) is 81.9 Å². The summed E-state index contributed by atoms with van der Waals surface area (Å²) in [5, 5.41) is 3.14. The number of ether oxygens (including phenoxy) is 2. The van der Waals surface area contributed by atoms with Crippen LogP contribution in [0.25, 0.3) is 10.9 Å². The molecule has 3 saturated heterocycles. The van der Waals surface area contributed by atoms with E-state index < -0.39 is 30.5 Å².